The number of allylic oxidation sites excluding steroid dienone is 2. The van der Waals surface area contributed by atoms with Gasteiger partial charge in [-0.1, -0.05) is 5.16 Å². The Kier molecular flexibility index (Phi) is 6.05. The molecule has 0 radical (unpaired) electrons. The molecule has 1 heterocycles. The molecule has 0 aliphatic carbocycles. The molecule has 0 saturated heterocycles. The molecule has 2 rings (SSSR count). The number of hydrogen-bond acceptors (Lipinski definition) is 6. The largest absolute Gasteiger partial charge is 0.465 e. The lowest BCUT2D eigenvalue weighted by atomic mass is 10.1. The molecule has 0 bridgehead atoms. The number of aliphatic imine (C=N–C) groups is 1. The molecule has 0 unspecified atom stereocenters. The number of carbonyl (C=O) groups is 1. The molecule has 136 valence electrons. The zero-order chi connectivity index (χ0) is 19.2. The van der Waals surface area contributed by atoms with E-state index in [0.29, 0.717) is 11.1 Å². The second-order valence-corrected chi connectivity index (χ2v) is 4.99. The van der Waals surface area contributed by atoms with Crippen LogP contribution in [-0.4, -0.2) is 35.6 Å². The maximum Gasteiger partial charge on any atom is 0.412 e. The maximum absolute atomic E-state index is 12.3. The molecule has 9 heteroatoms. The zero-order valence-corrected chi connectivity index (χ0v) is 13.8. The third kappa shape index (κ3) is 5.13. The van der Waals surface area contributed by atoms with Gasteiger partial charge in [-0.3, -0.25) is 4.99 Å². The van der Waals surface area contributed by atoms with Crippen molar-refractivity contribution in [3.05, 3.63) is 53.5 Å². The molecule has 26 heavy (non-hydrogen) atoms. The van der Waals surface area contributed by atoms with Gasteiger partial charge >= 0.3 is 12.1 Å². The fraction of sp³-hybridized carbons (Fsp3) is 0.176. The second-order valence-electron chi connectivity index (χ2n) is 4.99. The third-order valence-corrected chi connectivity index (χ3v) is 3.16. The van der Waals surface area contributed by atoms with E-state index in [0.717, 1.165) is 19.2 Å². The lowest BCUT2D eigenvalue weighted by Crippen LogP contribution is -2.08. The van der Waals surface area contributed by atoms with Gasteiger partial charge in [0.25, 0.3) is 5.89 Å². The van der Waals surface area contributed by atoms with Crippen molar-refractivity contribution in [2.24, 2.45) is 4.99 Å². The van der Waals surface area contributed by atoms with Crippen LogP contribution in [-0.2, 0) is 4.74 Å². The van der Waals surface area contributed by atoms with Gasteiger partial charge in [-0.05, 0) is 37.3 Å². The molecule has 1 aromatic carbocycles. The summed E-state index contributed by atoms with van der Waals surface area (Å²) in [5.74, 6) is -0.0399. The number of aromatic nitrogens is 2. The van der Waals surface area contributed by atoms with Crippen LogP contribution in [0.2, 0.25) is 0 Å². The molecule has 2 aromatic rings. The van der Waals surface area contributed by atoms with Gasteiger partial charge in [0, 0.05) is 29.6 Å². The van der Waals surface area contributed by atoms with Crippen LogP contribution < -0.4 is 0 Å². The van der Waals surface area contributed by atoms with Gasteiger partial charge in [0.05, 0.1) is 12.7 Å². The molecular weight excluding hydrogens is 351 g/mol. The lowest BCUT2D eigenvalue weighted by molar-refractivity contribution is -0.0911. The quantitative estimate of drug-likeness (QED) is 0.589. The summed E-state index contributed by atoms with van der Waals surface area (Å²) in [4.78, 5) is 19.2. The highest BCUT2D eigenvalue weighted by Crippen LogP contribution is 2.24. The standard InChI is InChI=1S/C17H14F3N3O3/c1-11(17(18,19)20)7-9-21-10-8-14-22-15(26-23-14)12-3-5-13(6-4-12)16(24)25-2/h3-10H,1-2H3/b10-8+,11-7+,21-9-. The molecule has 0 spiro atoms. The Labute approximate surface area is 146 Å². The van der Waals surface area contributed by atoms with E-state index in [9.17, 15) is 18.0 Å². The predicted molar refractivity (Wildman–Crippen MR) is 88.4 cm³/mol. The Hall–Kier alpha value is -3.23. The molecule has 0 aliphatic rings. The minimum Gasteiger partial charge on any atom is -0.465 e. The molecule has 0 saturated carbocycles. The van der Waals surface area contributed by atoms with Crippen LogP contribution in [0.3, 0.4) is 0 Å². The van der Waals surface area contributed by atoms with Crippen LogP contribution in [0, 0.1) is 0 Å². The van der Waals surface area contributed by atoms with Crippen molar-refractivity contribution in [3.8, 4) is 11.5 Å². The van der Waals surface area contributed by atoms with E-state index < -0.39 is 17.7 Å². The Morgan fingerprint density at radius 3 is 2.58 bits per heavy atom. The van der Waals surface area contributed by atoms with Gasteiger partial charge in [-0.25, -0.2) is 4.79 Å². The first-order chi connectivity index (χ1) is 12.3. The molecule has 6 nitrogen and oxygen atoms in total. The van der Waals surface area contributed by atoms with E-state index in [2.05, 4.69) is 19.9 Å². The van der Waals surface area contributed by atoms with Crippen LogP contribution >= 0.6 is 0 Å². The van der Waals surface area contributed by atoms with E-state index in [1.807, 2.05) is 0 Å². The Balaban J connectivity index is 2.02. The first-order valence-corrected chi connectivity index (χ1v) is 7.27. The summed E-state index contributed by atoms with van der Waals surface area (Å²) in [6, 6.07) is 6.35. The minimum atomic E-state index is -4.37. The fourth-order valence-electron chi connectivity index (χ4n) is 1.70. The molecular formula is C17H14F3N3O3. The summed E-state index contributed by atoms with van der Waals surface area (Å²) in [6.07, 6.45) is 0.126. The number of ether oxygens (including phenoxy) is 1. The first-order valence-electron chi connectivity index (χ1n) is 7.27. The van der Waals surface area contributed by atoms with E-state index in [4.69, 9.17) is 4.52 Å². The van der Waals surface area contributed by atoms with E-state index in [1.54, 1.807) is 24.3 Å². The second kappa shape index (κ2) is 8.24. The van der Waals surface area contributed by atoms with Gasteiger partial charge in [-0.15, -0.1) is 0 Å². The van der Waals surface area contributed by atoms with Gasteiger partial charge in [0.2, 0.25) is 0 Å². The van der Waals surface area contributed by atoms with Gasteiger partial charge in [-0.2, -0.15) is 18.2 Å². The lowest BCUT2D eigenvalue weighted by Gasteiger charge is -2.03. The molecule has 0 N–H and O–H groups in total. The monoisotopic (exact) mass is 365 g/mol. The Bertz CT molecular complexity index is 850. The summed E-state index contributed by atoms with van der Waals surface area (Å²) in [5.41, 5.74) is 0.219. The van der Waals surface area contributed by atoms with Crippen LogP contribution in [0.25, 0.3) is 17.5 Å². The highest BCUT2D eigenvalue weighted by molar-refractivity contribution is 5.89. The maximum atomic E-state index is 12.3. The van der Waals surface area contributed by atoms with Crippen molar-refractivity contribution in [1.82, 2.24) is 10.1 Å². The number of carbonyl (C=O) groups excluding carboxylic acids is 1. The highest BCUT2D eigenvalue weighted by Gasteiger charge is 2.29. The highest BCUT2D eigenvalue weighted by atomic mass is 19.4. The van der Waals surface area contributed by atoms with E-state index in [1.165, 1.54) is 19.4 Å². The van der Waals surface area contributed by atoms with Gasteiger partial charge in [0.15, 0.2) is 5.82 Å². The smallest absolute Gasteiger partial charge is 0.412 e. The SMILES string of the molecule is COC(=O)c1ccc(-c2nc(/C=C/N=C\C=C(/C)C(F)(F)F)no2)cc1. The van der Waals surface area contributed by atoms with Crippen molar-refractivity contribution in [3.63, 3.8) is 0 Å². The Morgan fingerprint density at radius 2 is 1.96 bits per heavy atom. The number of halogens is 3. The van der Waals surface area contributed by atoms with Crippen molar-refractivity contribution in [1.29, 1.82) is 0 Å². The zero-order valence-electron chi connectivity index (χ0n) is 13.8. The number of rotatable bonds is 5. The minimum absolute atomic E-state index is 0.200. The Morgan fingerprint density at radius 1 is 1.27 bits per heavy atom. The molecule has 0 atom stereocenters. The number of hydrogen-bond donors (Lipinski definition) is 0. The number of esters is 1. The predicted octanol–water partition coefficient (Wildman–Crippen LogP) is 4.07. The summed E-state index contributed by atoms with van der Waals surface area (Å²) in [6.45, 7) is 0.951. The van der Waals surface area contributed by atoms with E-state index >= 15 is 0 Å². The first kappa shape index (κ1) is 19.1. The fourth-order valence-corrected chi connectivity index (χ4v) is 1.70. The summed E-state index contributed by atoms with van der Waals surface area (Å²) >= 11 is 0. The van der Waals surface area contributed by atoms with Crippen molar-refractivity contribution < 1.29 is 27.2 Å². The topological polar surface area (TPSA) is 77.6 Å². The van der Waals surface area contributed by atoms with Crippen molar-refractivity contribution in [2.45, 2.75) is 13.1 Å². The van der Waals surface area contributed by atoms with E-state index in [-0.39, 0.29) is 11.7 Å². The summed E-state index contributed by atoms with van der Waals surface area (Å²) < 4.78 is 46.5. The summed E-state index contributed by atoms with van der Waals surface area (Å²) in [7, 11) is 1.29. The normalized spacial score (nSPS) is 12.9. The molecule has 0 amide bonds. The average Bonchev–Trinajstić information content (AvgIpc) is 3.08. The summed E-state index contributed by atoms with van der Waals surface area (Å²) in [5, 5.41) is 3.70. The number of nitrogens with zero attached hydrogens (tertiary/aromatic N) is 3. The number of alkyl halides is 3. The van der Waals surface area contributed by atoms with Crippen LogP contribution in [0.4, 0.5) is 13.2 Å². The number of benzene rings is 1. The number of methoxy groups -OCH3 is 1. The average molecular weight is 365 g/mol. The molecule has 0 aliphatic heterocycles. The van der Waals surface area contributed by atoms with Crippen molar-refractivity contribution >= 4 is 18.3 Å². The van der Waals surface area contributed by atoms with Gasteiger partial charge in [0.1, 0.15) is 0 Å². The molecule has 0 fully saturated rings. The third-order valence-electron chi connectivity index (χ3n) is 3.16. The van der Waals surface area contributed by atoms with Crippen LogP contribution in [0.1, 0.15) is 23.1 Å². The van der Waals surface area contributed by atoms with Gasteiger partial charge < -0.3 is 9.26 Å². The molecule has 1 aromatic heterocycles. The van der Waals surface area contributed by atoms with Crippen molar-refractivity contribution in [2.75, 3.05) is 7.11 Å². The van der Waals surface area contributed by atoms with Crippen LogP contribution in [0.5, 0.6) is 0 Å². The van der Waals surface area contributed by atoms with Crippen LogP contribution in [0.15, 0.2) is 51.6 Å².